The van der Waals surface area contributed by atoms with Crippen molar-refractivity contribution < 1.29 is 14.6 Å². The van der Waals surface area contributed by atoms with Crippen LogP contribution in [0.15, 0.2) is 6.20 Å². The molecule has 0 aromatic carbocycles. The highest BCUT2D eigenvalue weighted by Gasteiger charge is 2.55. The molecule has 6 aliphatic rings. The first-order valence-electron chi connectivity index (χ1n) is 11.3. The summed E-state index contributed by atoms with van der Waals surface area (Å²) in [6.07, 6.45) is 9.76. The van der Waals surface area contributed by atoms with Crippen LogP contribution in [0.5, 0.6) is 0 Å². The molecule has 3 unspecified atom stereocenters. The summed E-state index contributed by atoms with van der Waals surface area (Å²) in [7, 11) is 0. The second kappa shape index (κ2) is 6.64. The van der Waals surface area contributed by atoms with Crippen molar-refractivity contribution in [3.63, 3.8) is 0 Å². The zero-order valence-electron chi connectivity index (χ0n) is 16.8. The van der Waals surface area contributed by atoms with Gasteiger partial charge in [0.2, 0.25) is 5.95 Å². The number of aromatic nitrogens is 2. The van der Waals surface area contributed by atoms with E-state index in [1.165, 1.54) is 0 Å². The van der Waals surface area contributed by atoms with Crippen LogP contribution in [0.1, 0.15) is 73.3 Å². The van der Waals surface area contributed by atoms with Crippen molar-refractivity contribution in [3.05, 3.63) is 17.5 Å². The van der Waals surface area contributed by atoms with E-state index in [1.807, 2.05) is 0 Å². The van der Waals surface area contributed by atoms with Gasteiger partial charge >= 0.3 is 0 Å². The predicted octanol–water partition coefficient (Wildman–Crippen LogP) is 2.22. The van der Waals surface area contributed by atoms with Crippen molar-refractivity contribution in [2.75, 3.05) is 18.5 Å². The molecule has 5 saturated carbocycles. The average molecular weight is 399 g/mol. The maximum Gasteiger partial charge on any atom is 0.254 e. The zero-order valence-corrected chi connectivity index (χ0v) is 16.8. The van der Waals surface area contributed by atoms with E-state index in [-0.39, 0.29) is 18.0 Å². The molecule has 1 aromatic rings. The number of anilines is 1. The molecule has 0 radical (unpaired) electrons. The van der Waals surface area contributed by atoms with Crippen molar-refractivity contribution in [1.29, 1.82) is 0 Å². The van der Waals surface area contributed by atoms with Crippen LogP contribution in [-0.4, -0.2) is 51.9 Å². The molecule has 7 nitrogen and oxygen atoms in total. The number of aliphatic hydroxyl groups is 1. The summed E-state index contributed by atoms with van der Waals surface area (Å²) in [6, 6.07) is 0.431. The van der Waals surface area contributed by atoms with Gasteiger partial charge in [-0.3, -0.25) is 4.79 Å². The van der Waals surface area contributed by atoms with E-state index in [4.69, 9.17) is 9.72 Å². The van der Waals surface area contributed by atoms with Gasteiger partial charge < -0.3 is 20.5 Å². The normalized spacial score (nSPS) is 40.2. The molecular weight excluding hydrogens is 368 g/mol. The van der Waals surface area contributed by atoms with Crippen molar-refractivity contribution in [2.45, 2.75) is 75.0 Å². The van der Waals surface area contributed by atoms with Crippen LogP contribution >= 0.6 is 0 Å². The first-order chi connectivity index (χ1) is 14.1. The lowest BCUT2D eigenvalue weighted by Gasteiger charge is -2.58. The predicted molar refractivity (Wildman–Crippen MR) is 107 cm³/mol. The van der Waals surface area contributed by atoms with Crippen molar-refractivity contribution in [3.8, 4) is 0 Å². The number of carbonyl (C=O) groups is 1. The summed E-state index contributed by atoms with van der Waals surface area (Å²) in [5.41, 5.74) is 1.05. The fourth-order valence-electron chi connectivity index (χ4n) is 6.58. The standard InChI is InChI=1S/C22H30N4O3/c27-20(25-18-14-5-12-6-15(18)9-22(28,7-12)8-14)17-10-23-21(24-16-3-4-29-11-16)26-19(17)13-1-2-13/h10,12-16,18,28H,1-9,11H2,(H,25,27)(H,23,24,26)/t12?,14-,15+,16-,18?,22?/m0/s1. The fourth-order valence-corrected chi connectivity index (χ4v) is 6.58. The molecule has 4 bridgehead atoms. The van der Waals surface area contributed by atoms with Gasteiger partial charge in [-0.05, 0) is 69.1 Å². The van der Waals surface area contributed by atoms with E-state index in [1.54, 1.807) is 6.20 Å². The van der Waals surface area contributed by atoms with Crippen molar-refractivity contribution in [2.24, 2.45) is 17.8 Å². The van der Waals surface area contributed by atoms with Gasteiger partial charge in [0, 0.05) is 24.8 Å². The number of rotatable bonds is 5. The van der Waals surface area contributed by atoms with Gasteiger partial charge in [0.15, 0.2) is 0 Å². The Hall–Kier alpha value is -1.73. The molecule has 1 amide bonds. The summed E-state index contributed by atoms with van der Waals surface area (Å²) < 4.78 is 5.42. The molecule has 6 atom stereocenters. The molecule has 7 rings (SSSR count). The van der Waals surface area contributed by atoms with Crippen LogP contribution in [-0.2, 0) is 4.74 Å². The highest BCUT2D eigenvalue weighted by Crippen LogP contribution is 2.55. The number of hydrogen-bond donors (Lipinski definition) is 3. The second-order valence-electron chi connectivity index (χ2n) is 10.2. The van der Waals surface area contributed by atoms with E-state index in [0.717, 1.165) is 63.7 Å². The van der Waals surface area contributed by atoms with Crippen molar-refractivity contribution >= 4 is 11.9 Å². The summed E-state index contributed by atoms with van der Waals surface area (Å²) in [6.45, 7) is 1.45. The molecule has 1 aromatic heterocycles. The van der Waals surface area contributed by atoms with Gasteiger partial charge in [-0.2, -0.15) is 0 Å². The first-order valence-corrected chi connectivity index (χ1v) is 11.3. The molecule has 5 aliphatic carbocycles. The largest absolute Gasteiger partial charge is 0.390 e. The maximum atomic E-state index is 13.2. The number of ether oxygens (including phenoxy) is 1. The van der Waals surface area contributed by atoms with E-state index in [0.29, 0.717) is 41.8 Å². The third-order valence-corrected chi connectivity index (χ3v) is 7.83. The van der Waals surface area contributed by atoms with E-state index in [9.17, 15) is 9.90 Å². The zero-order chi connectivity index (χ0) is 19.6. The molecule has 2 heterocycles. The number of nitrogens with zero attached hydrogens (tertiary/aromatic N) is 2. The minimum atomic E-state index is -0.475. The average Bonchev–Trinajstić information content (AvgIpc) is 3.40. The number of amides is 1. The Kier molecular flexibility index (Phi) is 4.14. The topological polar surface area (TPSA) is 96.4 Å². The van der Waals surface area contributed by atoms with Crippen LogP contribution in [0.25, 0.3) is 0 Å². The molecule has 1 aliphatic heterocycles. The Morgan fingerprint density at radius 1 is 1.17 bits per heavy atom. The van der Waals surface area contributed by atoms with Crippen LogP contribution in [0, 0.1) is 17.8 Å². The second-order valence-corrected chi connectivity index (χ2v) is 10.2. The SMILES string of the molecule is O=C(NC1[C@@H]2CC3C[C@H]1CC(O)(C3)C2)c1cnc(N[C@H]2CCOC2)nc1C1CC1. The van der Waals surface area contributed by atoms with Crippen molar-refractivity contribution in [1.82, 2.24) is 15.3 Å². The van der Waals surface area contributed by atoms with Gasteiger partial charge in [0.1, 0.15) is 0 Å². The van der Waals surface area contributed by atoms with Gasteiger partial charge in [0.25, 0.3) is 5.91 Å². The van der Waals surface area contributed by atoms with Gasteiger partial charge in [-0.1, -0.05) is 0 Å². The Labute approximate surface area is 171 Å². The van der Waals surface area contributed by atoms with Crippen LogP contribution < -0.4 is 10.6 Å². The minimum absolute atomic E-state index is 0.0351. The molecule has 3 N–H and O–H groups in total. The molecule has 156 valence electrons. The Bertz CT molecular complexity index is 804. The summed E-state index contributed by atoms with van der Waals surface area (Å²) in [4.78, 5) is 22.4. The van der Waals surface area contributed by atoms with Crippen LogP contribution in [0.3, 0.4) is 0 Å². The lowest BCUT2D eigenvalue weighted by atomic mass is 9.52. The number of carbonyl (C=O) groups excluding carboxylic acids is 1. The Balaban J connectivity index is 1.20. The lowest BCUT2D eigenvalue weighted by Crippen LogP contribution is -2.61. The highest BCUT2D eigenvalue weighted by molar-refractivity contribution is 5.95. The summed E-state index contributed by atoms with van der Waals surface area (Å²) in [5, 5.41) is 17.5. The molecule has 0 spiro atoms. The third kappa shape index (κ3) is 3.32. The third-order valence-electron chi connectivity index (χ3n) is 7.83. The molecular formula is C22H30N4O3. The minimum Gasteiger partial charge on any atom is -0.390 e. The van der Waals surface area contributed by atoms with Crippen LogP contribution in [0.2, 0.25) is 0 Å². The van der Waals surface area contributed by atoms with Crippen LogP contribution in [0.4, 0.5) is 5.95 Å². The number of nitrogens with one attached hydrogen (secondary N) is 2. The smallest absolute Gasteiger partial charge is 0.254 e. The summed E-state index contributed by atoms with van der Waals surface area (Å²) >= 11 is 0. The monoisotopic (exact) mass is 398 g/mol. The molecule has 7 heteroatoms. The summed E-state index contributed by atoms with van der Waals surface area (Å²) in [5.74, 6) is 2.40. The molecule has 29 heavy (non-hydrogen) atoms. The molecule has 6 fully saturated rings. The molecule has 1 saturated heterocycles. The Morgan fingerprint density at radius 2 is 1.97 bits per heavy atom. The van der Waals surface area contributed by atoms with Gasteiger partial charge in [-0.15, -0.1) is 0 Å². The fraction of sp³-hybridized carbons (Fsp3) is 0.773. The quantitative estimate of drug-likeness (QED) is 0.704. The van der Waals surface area contributed by atoms with E-state index < -0.39 is 5.60 Å². The maximum absolute atomic E-state index is 13.2. The van der Waals surface area contributed by atoms with Gasteiger partial charge in [0.05, 0.1) is 29.5 Å². The van der Waals surface area contributed by atoms with E-state index >= 15 is 0 Å². The first kappa shape index (κ1) is 18.1. The number of hydrogen-bond acceptors (Lipinski definition) is 6. The highest BCUT2D eigenvalue weighted by atomic mass is 16.5. The lowest BCUT2D eigenvalue weighted by molar-refractivity contribution is -0.136. The van der Waals surface area contributed by atoms with Gasteiger partial charge in [-0.25, -0.2) is 9.97 Å². The van der Waals surface area contributed by atoms with E-state index in [2.05, 4.69) is 15.6 Å². The Morgan fingerprint density at radius 3 is 2.62 bits per heavy atom.